The van der Waals surface area contributed by atoms with Crippen LogP contribution in [0.25, 0.3) is 60.6 Å². The van der Waals surface area contributed by atoms with E-state index >= 15 is 0 Å². The molecule has 0 aliphatic rings. The Labute approximate surface area is 215 Å². The predicted molar refractivity (Wildman–Crippen MR) is 154 cm³/mol. The Morgan fingerprint density at radius 2 is 1.19 bits per heavy atom. The molecular formula is C34H25N3. The number of fused-ring (bicyclic) bond motifs is 3. The van der Waals surface area contributed by atoms with E-state index in [-0.39, 0.29) is 0 Å². The van der Waals surface area contributed by atoms with Crippen LogP contribution in [0.3, 0.4) is 0 Å². The fourth-order valence-corrected chi connectivity index (χ4v) is 5.65. The molecule has 37 heavy (non-hydrogen) atoms. The summed E-state index contributed by atoms with van der Waals surface area (Å²) in [6, 6.07) is 40.7. The quantitative estimate of drug-likeness (QED) is 0.239. The molecule has 3 nitrogen and oxygen atoms in total. The molecule has 0 aliphatic heterocycles. The molecule has 0 radical (unpaired) electrons. The number of aromatic nitrogens is 3. The van der Waals surface area contributed by atoms with E-state index in [0.717, 1.165) is 34.5 Å². The van der Waals surface area contributed by atoms with Crippen LogP contribution >= 0.6 is 0 Å². The van der Waals surface area contributed by atoms with Gasteiger partial charge >= 0.3 is 0 Å². The zero-order valence-corrected chi connectivity index (χ0v) is 20.6. The summed E-state index contributed by atoms with van der Waals surface area (Å²) < 4.78 is 2.37. The number of aryl methyl sites for hydroxylation is 1. The molecular weight excluding hydrogens is 450 g/mol. The van der Waals surface area contributed by atoms with Crippen LogP contribution in [0.5, 0.6) is 0 Å². The minimum atomic E-state index is 0.849. The monoisotopic (exact) mass is 475 g/mol. The van der Waals surface area contributed by atoms with Gasteiger partial charge in [-0.1, -0.05) is 97.9 Å². The number of rotatable bonds is 4. The fourth-order valence-electron chi connectivity index (χ4n) is 5.65. The average Bonchev–Trinajstić information content (AvgIpc) is 3.34. The van der Waals surface area contributed by atoms with E-state index < -0.39 is 0 Å². The molecule has 2 heterocycles. The summed E-state index contributed by atoms with van der Waals surface area (Å²) >= 11 is 0. The highest BCUT2D eigenvalue weighted by Gasteiger charge is 2.21. The standard InChI is InChI=1S/C34H25N3/c1-2-32-36-30-20-9-10-21-31(30)37(32)34-27-17-7-5-15-25(27)33(26-16-6-8-18-28(26)34)24-14-4-3-13-23(24)29-19-11-12-22-35-29/h3-22H,2H2,1H3. The SMILES string of the molecule is CCc1nc2ccccc2n1-c1c2ccccc2c(-c2ccccc2-c2ccccn2)c2ccccc12. The largest absolute Gasteiger partial charge is 0.295 e. The molecule has 7 rings (SSSR count). The van der Waals surface area contributed by atoms with Crippen LogP contribution in [-0.4, -0.2) is 14.5 Å². The first-order chi connectivity index (χ1) is 18.3. The molecule has 0 bridgehead atoms. The Balaban J connectivity index is 1.66. The predicted octanol–water partition coefficient (Wildman–Crippen LogP) is 8.62. The van der Waals surface area contributed by atoms with Crippen molar-refractivity contribution in [3.05, 3.63) is 127 Å². The molecule has 0 unspecified atom stereocenters. The first-order valence-corrected chi connectivity index (χ1v) is 12.8. The van der Waals surface area contributed by atoms with Crippen LogP contribution in [-0.2, 0) is 6.42 Å². The molecule has 0 saturated carbocycles. The second-order valence-electron chi connectivity index (χ2n) is 9.28. The molecule has 0 aliphatic carbocycles. The molecule has 5 aromatic carbocycles. The summed E-state index contributed by atoms with van der Waals surface area (Å²) in [6.07, 6.45) is 2.71. The van der Waals surface area contributed by atoms with Gasteiger partial charge in [0.1, 0.15) is 5.82 Å². The Morgan fingerprint density at radius 3 is 1.86 bits per heavy atom. The van der Waals surface area contributed by atoms with Gasteiger partial charge in [0.05, 0.1) is 22.4 Å². The van der Waals surface area contributed by atoms with Gasteiger partial charge in [0, 0.05) is 29.0 Å². The highest BCUT2D eigenvalue weighted by molar-refractivity contribution is 6.19. The van der Waals surface area contributed by atoms with Crippen molar-refractivity contribution in [2.24, 2.45) is 0 Å². The summed E-state index contributed by atoms with van der Waals surface area (Å²) in [4.78, 5) is 9.71. The normalized spacial score (nSPS) is 11.5. The maximum Gasteiger partial charge on any atom is 0.114 e. The number of hydrogen-bond acceptors (Lipinski definition) is 2. The second-order valence-corrected chi connectivity index (χ2v) is 9.28. The molecule has 176 valence electrons. The van der Waals surface area contributed by atoms with E-state index in [0.29, 0.717) is 0 Å². The minimum Gasteiger partial charge on any atom is -0.295 e. The Morgan fingerprint density at radius 1 is 0.595 bits per heavy atom. The maximum atomic E-state index is 5.01. The first-order valence-electron chi connectivity index (χ1n) is 12.8. The third-order valence-electron chi connectivity index (χ3n) is 7.21. The van der Waals surface area contributed by atoms with E-state index in [4.69, 9.17) is 9.97 Å². The van der Waals surface area contributed by atoms with E-state index in [1.54, 1.807) is 0 Å². The van der Waals surface area contributed by atoms with Gasteiger partial charge in [-0.05, 0) is 46.2 Å². The Bertz CT molecular complexity index is 1860. The smallest absolute Gasteiger partial charge is 0.114 e. The molecule has 0 spiro atoms. The molecule has 0 saturated heterocycles. The number of imidazole rings is 1. The third-order valence-corrected chi connectivity index (χ3v) is 7.21. The molecule has 2 aromatic heterocycles. The van der Waals surface area contributed by atoms with Crippen molar-refractivity contribution in [3.8, 4) is 28.1 Å². The Kier molecular flexibility index (Phi) is 5.07. The van der Waals surface area contributed by atoms with Crippen LogP contribution in [0, 0.1) is 0 Å². The van der Waals surface area contributed by atoms with Crippen LogP contribution in [0.2, 0.25) is 0 Å². The van der Waals surface area contributed by atoms with Crippen molar-refractivity contribution in [2.75, 3.05) is 0 Å². The van der Waals surface area contributed by atoms with Gasteiger partial charge < -0.3 is 0 Å². The van der Waals surface area contributed by atoms with Crippen molar-refractivity contribution >= 4 is 32.6 Å². The van der Waals surface area contributed by atoms with Crippen LogP contribution in [0.4, 0.5) is 0 Å². The number of benzene rings is 5. The van der Waals surface area contributed by atoms with E-state index in [1.807, 2.05) is 12.3 Å². The van der Waals surface area contributed by atoms with E-state index in [1.165, 1.54) is 38.4 Å². The van der Waals surface area contributed by atoms with Gasteiger partial charge in [-0.3, -0.25) is 9.55 Å². The molecule has 0 N–H and O–H groups in total. The van der Waals surface area contributed by atoms with Gasteiger partial charge in [-0.25, -0.2) is 4.98 Å². The molecule has 0 atom stereocenters. The highest BCUT2D eigenvalue weighted by Crippen LogP contribution is 2.44. The van der Waals surface area contributed by atoms with Crippen molar-refractivity contribution in [3.63, 3.8) is 0 Å². The van der Waals surface area contributed by atoms with Gasteiger partial charge in [-0.15, -0.1) is 0 Å². The zero-order chi connectivity index (χ0) is 24.8. The fraction of sp³-hybridized carbons (Fsp3) is 0.0588. The van der Waals surface area contributed by atoms with Gasteiger partial charge in [-0.2, -0.15) is 0 Å². The lowest BCUT2D eigenvalue weighted by Gasteiger charge is -2.20. The lowest BCUT2D eigenvalue weighted by atomic mass is 9.87. The molecule has 0 fully saturated rings. The summed E-state index contributed by atoms with van der Waals surface area (Å²) in [7, 11) is 0. The minimum absolute atomic E-state index is 0.849. The van der Waals surface area contributed by atoms with E-state index in [2.05, 4.69) is 121 Å². The zero-order valence-electron chi connectivity index (χ0n) is 20.6. The highest BCUT2D eigenvalue weighted by atomic mass is 15.1. The lowest BCUT2D eigenvalue weighted by Crippen LogP contribution is -2.03. The molecule has 7 aromatic rings. The van der Waals surface area contributed by atoms with Crippen molar-refractivity contribution in [1.82, 2.24) is 14.5 Å². The van der Waals surface area contributed by atoms with Crippen LogP contribution < -0.4 is 0 Å². The van der Waals surface area contributed by atoms with Crippen LogP contribution in [0.1, 0.15) is 12.7 Å². The maximum absolute atomic E-state index is 5.01. The lowest BCUT2D eigenvalue weighted by molar-refractivity contribution is 0.917. The summed E-state index contributed by atoms with van der Waals surface area (Å²) in [5.74, 6) is 1.07. The Hall–Kier alpha value is -4.76. The third kappa shape index (κ3) is 3.35. The van der Waals surface area contributed by atoms with Crippen molar-refractivity contribution in [2.45, 2.75) is 13.3 Å². The van der Waals surface area contributed by atoms with E-state index in [9.17, 15) is 0 Å². The number of nitrogens with zero attached hydrogens (tertiary/aromatic N) is 3. The first kappa shape index (κ1) is 21.5. The summed E-state index contributed by atoms with van der Waals surface area (Å²) in [5.41, 5.74) is 7.88. The number of para-hydroxylation sites is 2. The molecule has 3 heteroatoms. The van der Waals surface area contributed by atoms with Crippen LogP contribution in [0.15, 0.2) is 121 Å². The number of hydrogen-bond donors (Lipinski definition) is 0. The average molecular weight is 476 g/mol. The van der Waals surface area contributed by atoms with Crippen molar-refractivity contribution in [1.29, 1.82) is 0 Å². The van der Waals surface area contributed by atoms with Crippen molar-refractivity contribution < 1.29 is 0 Å². The second kappa shape index (κ2) is 8.72. The van der Waals surface area contributed by atoms with Gasteiger partial charge in [0.25, 0.3) is 0 Å². The number of pyridine rings is 1. The van der Waals surface area contributed by atoms with Gasteiger partial charge in [0.15, 0.2) is 0 Å². The topological polar surface area (TPSA) is 30.7 Å². The summed E-state index contributed by atoms with van der Waals surface area (Å²) in [5, 5.41) is 4.87. The van der Waals surface area contributed by atoms with Gasteiger partial charge in [0.2, 0.25) is 0 Å². The molecule has 0 amide bonds. The summed E-state index contributed by atoms with van der Waals surface area (Å²) in [6.45, 7) is 2.18.